The van der Waals surface area contributed by atoms with Crippen molar-refractivity contribution in [2.75, 3.05) is 27.2 Å². The van der Waals surface area contributed by atoms with E-state index < -0.39 is 11.7 Å². The van der Waals surface area contributed by atoms with E-state index in [-0.39, 0.29) is 12.5 Å². The zero-order valence-electron chi connectivity index (χ0n) is 17.4. The van der Waals surface area contributed by atoms with Crippen LogP contribution < -0.4 is 10.6 Å². The predicted molar refractivity (Wildman–Crippen MR) is 112 cm³/mol. The Balaban J connectivity index is 1.94. The maximum atomic E-state index is 12.7. The summed E-state index contributed by atoms with van der Waals surface area (Å²) in [6.07, 6.45) is -3.65. The molecule has 0 aliphatic heterocycles. The fourth-order valence-electron chi connectivity index (χ4n) is 2.75. The van der Waals surface area contributed by atoms with Gasteiger partial charge in [-0.2, -0.15) is 13.2 Å². The van der Waals surface area contributed by atoms with Crippen molar-refractivity contribution in [2.45, 2.75) is 26.1 Å². The number of amides is 1. The van der Waals surface area contributed by atoms with Gasteiger partial charge in [-0.1, -0.05) is 24.3 Å². The van der Waals surface area contributed by atoms with Gasteiger partial charge >= 0.3 is 6.18 Å². The zero-order chi connectivity index (χ0) is 22.1. The van der Waals surface area contributed by atoms with Gasteiger partial charge in [0, 0.05) is 32.7 Å². The van der Waals surface area contributed by atoms with Gasteiger partial charge in [0.2, 0.25) is 0 Å². The van der Waals surface area contributed by atoms with Crippen LogP contribution in [0.25, 0.3) is 0 Å². The second-order valence-electron chi connectivity index (χ2n) is 6.97. The van der Waals surface area contributed by atoms with E-state index in [1.54, 1.807) is 20.2 Å². The second-order valence-corrected chi connectivity index (χ2v) is 6.97. The van der Waals surface area contributed by atoms with Crippen molar-refractivity contribution in [3.63, 3.8) is 0 Å². The largest absolute Gasteiger partial charge is 0.416 e. The Morgan fingerprint density at radius 2 is 1.73 bits per heavy atom. The molecule has 0 fully saturated rings. The predicted octanol–water partition coefficient (Wildman–Crippen LogP) is 3.71. The van der Waals surface area contributed by atoms with E-state index in [4.69, 9.17) is 0 Å². The summed E-state index contributed by atoms with van der Waals surface area (Å²) in [4.78, 5) is 18.0. The summed E-state index contributed by atoms with van der Waals surface area (Å²) < 4.78 is 38.0. The van der Waals surface area contributed by atoms with E-state index in [1.165, 1.54) is 17.0 Å². The molecule has 0 unspecified atom stereocenters. The molecular formula is C22H27F3N4O. The standard InChI is InChI=1S/C22H27F3N4O/c1-4-26-21(28-15-17-8-10-19(11-9-17)22(23,24)25)27-13-12-16-6-5-7-18(14-16)20(30)29(2)3/h5-11,14H,4,12-13,15H2,1-3H3,(H2,26,27,28). The van der Waals surface area contributed by atoms with Gasteiger partial charge in [-0.15, -0.1) is 0 Å². The van der Waals surface area contributed by atoms with Gasteiger partial charge in [0.25, 0.3) is 5.91 Å². The van der Waals surface area contributed by atoms with Crippen LogP contribution in [0.15, 0.2) is 53.5 Å². The normalized spacial score (nSPS) is 11.9. The van der Waals surface area contributed by atoms with E-state index in [2.05, 4.69) is 15.6 Å². The molecule has 0 saturated heterocycles. The quantitative estimate of drug-likeness (QED) is 0.531. The Kier molecular flexibility index (Phi) is 8.26. The van der Waals surface area contributed by atoms with Crippen LogP contribution in [0.4, 0.5) is 13.2 Å². The van der Waals surface area contributed by atoms with Crippen LogP contribution in [0.5, 0.6) is 0 Å². The number of alkyl halides is 3. The molecule has 2 rings (SSSR count). The van der Waals surface area contributed by atoms with Crippen LogP contribution in [0.3, 0.4) is 0 Å². The van der Waals surface area contributed by atoms with Gasteiger partial charge < -0.3 is 15.5 Å². The highest BCUT2D eigenvalue weighted by molar-refractivity contribution is 5.94. The Morgan fingerprint density at radius 3 is 2.33 bits per heavy atom. The number of nitrogens with zero attached hydrogens (tertiary/aromatic N) is 2. The fourth-order valence-corrected chi connectivity index (χ4v) is 2.75. The summed E-state index contributed by atoms with van der Waals surface area (Å²) >= 11 is 0. The highest BCUT2D eigenvalue weighted by Crippen LogP contribution is 2.29. The molecule has 2 N–H and O–H groups in total. The van der Waals surface area contributed by atoms with Crippen molar-refractivity contribution in [2.24, 2.45) is 4.99 Å². The lowest BCUT2D eigenvalue weighted by molar-refractivity contribution is -0.137. The van der Waals surface area contributed by atoms with Crippen LogP contribution in [-0.2, 0) is 19.1 Å². The SMILES string of the molecule is CCNC(=NCc1ccc(C(F)(F)F)cc1)NCCc1cccc(C(=O)N(C)C)c1. The molecule has 8 heteroatoms. The van der Waals surface area contributed by atoms with E-state index >= 15 is 0 Å². The number of aliphatic imine (C=N–C) groups is 1. The summed E-state index contributed by atoms with van der Waals surface area (Å²) in [6, 6.07) is 12.5. The first-order valence-electron chi connectivity index (χ1n) is 9.69. The summed E-state index contributed by atoms with van der Waals surface area (Å²) in [6.45, 7) is 3.45. The summed E-state index contributed by atoms with van der Waals surface area (Å²) in [5.74, 6) is 0.536. The topological polar surface area (TPSA) is 56.7 Å². The Bertz CT molecular complexity index is 861. The van der Waals surface area contributed by atoms with E-state index in [1.807, 2.05) is 25.1 Å². The highest BCUT2D eigenvalue weighted by atomic mass is 19.4. The minimum atomic E-state index is -4.34. The molecule has 0 atom stereocenters. The lowest BCUT2D eigenvalue weighted by Gasteiger charge is -2.13. The first-order valence-corrected chi connectivity index (χ1v) is 9.69. The molecule has 0 aromatic heterocycles. The van der Waals surface area contributed by atoms with Crippen LogP contribution in [0.2, 0.25) is 0 Å². The van der Waals surface area contributed by atoms with E-state index in [0.29, 0.717) is 36.6 Å². The van der Waals surface area contributed by atoms with Crippen LogP contribution >= 0.6 is 0 Å². The lowest BCUT2D eigenvalue weighted by atomic mass is 10.1. The molecule has 0 saturated carbocycles. The number of guanidine groups is 1. The molecule has 0 spiro atoms. The first-order chi connectivity index (χ1) is 14.2. The van der Waals surface area contributed by atoms with Crippen molar-refractivity contribution >= 4 is 11.9 Å². The van der Waals surface area contributed by atoms with Crippen molar-refractivity contribution < 1.29 is 18.0 Å². The molecule has 1 amide bonds. The molecule has 0 heterocycles. The minimum absolute atomic E-state index is 0.0451. The molecule has 0 aliphatic rings. The Morgan fingerprint density at radius 1 is 1.03 bits per heavy atom. The third-order valence-electron chi connectivity index (χ3n) is 4.33. The van der Waals surface area contributed by atoms with Gasteiger partial charge in [-0.05, 0) is 48.7 Å². The fraction of sp³-hybridized carbons (Fsp3) is 0.364. The van der Waals surface area contributed by atoms with Gasteiger partial charge in [0.05, 0.1) is 12.1 Å². The minimum Gasteiger partial charge on any atom is -0.357 e. The molecule has 2 aromatic rings. The zero-order valence-corrected chi connectivity index (χ0v) is 17.4. The number of hydrogen-bond donors (Lipinski definition) is 2. The molecule has 0 bridgehead atoms. The monoisotopic (exact) mass is 420 g/mol. The number of nitrogens with one attached hydrogen (secondary N) is 2. The summed E-state index contributed by atoms with van der Waals surface area (Å²) in [5, 5.41) is 6.33. The van der Waals surface area contributed by atoms with Crippen LogP contribution in [-0.4, -0.2) is 44.0 Å². The van der Waals surface area contributed by atoms with E-state index in [0.717, 1.165) is 17.7 Å². The highest BCUT2D eigenvalue weighted by Gasteiger charge is 2.29. The number of carbonyl (C=O) groups excluding carboxylic acids is 1. The third-order valence-corrected chi connectivity index (χ3v) is 4.33. The van der Waals surface area contributed by atoms with Crippen molar-refractivity contribution in [3.05, 3.63) is 70.8 Å². The van der Waals surface area contributed by atoms with E-state index in [9.17, 15) is 18.0 Å². The molecule has 0 aliphatic carbocycles. The van der Waals surface area contributed by atoms with Crippen LogP contribution in [0.1, 0.15) is 34.0 Å². The van der Waals surface area contributed by atoms with Crippen molar-refractivity contribution in [1.29, 1.82) is 0 Å². The smallest absolute Gasteiger partial charge is 0.357 e. The average molecular weight is 420 g/mol. The Labute approximate surface area is 175 Å². The number of halogens is 3. The molecule has 162 valence electrons. The van der Waals surface area contributed by atoms with Crippen molar-refractivity contribution in [3.8, 4) is 0 Å². The maximum absolute atomic E-state index is 12.7. The number of rotatable bonds is 7. The Hall–Kier alpha value is -3.03. The average Bonchev–Trinajstić information content (AvgIpc) is 2.71. The molecule has 30 heavy (non-hydrogen) atoms. The second kappa shape index (κ2) is 10.7. The van der Waals surface area contributed by atoms with Gasteiger partial charge in [-0.25, -0.2) is 4.99 Å². The summed E-state index contributed by atoms with van der Waals surface area (Å²) in [7, 11) is 3.43. The number of benzene rings is 2. The molecular weight excluding hydrogens is 393 g/mol. The van der Waals surface area contributed by atoms with Crippen molar-refractivity contribution in [1.82, 2.24) is 15.5 Å². The number of carbonyl (C=O) groups is 1. The van der Waals surface area contributed by atoms with Crippen LogP contribution in [0, 0.1) is 0 Å². The van der Waals surface area contributed by atoms with Gasteiger partial charge in [0.15, 0.2) is 5.96 Å². The van der Waals surface area contributed by atoms with Gasteiger partial charge in [-0.3, -0.25) is 4.79 Å². The number of hydrogen-bond acceptors (Lipinski definition) is 2. The lowest BCUT2D eigenvalue weighted by Crippen LogP contribution is -2.38. The first kappa shape index (κ1) is 23.3. The third kappa shape index (κ3) is 7.09. The summed E-state index contributed by atoms with van der Waals surface area (Å²) in [5.41, 5.74) is 1.68. The van der Waals surface area contributed by atoms with Gasteiger partial charge in [0.1, 0.15) is 0 Å². The molecule has 5 nitrogen and oxygen atoms in total. The maximum Gasteiger partial charge on any atom is 0.416 e. The molecule has 0 radical (unpaired) electrons. The molecule has 2 aromatic carbocycles.